The Labute approximate surface area is 225 Å². The van der Waals surface area contributed by atoms with E-state index in [1.165, 1.54) is 20.4 Å². The lowest BCUT2D eigenvalue weighted by Gasteiger charge is -2.10. The van der Waals surface area contributed by atoms with Gasteiger partial charge >= 0.3 is 5.97 Å². The zero-order valence-electron chi connectivity index (χ0n) is 21.2. The number of benzene rings is 4. The Hall–Kier alpha value is -5.44. The Morgan fingerprint density at radius 3 is 2.15 bits per heavy atom. The summed E-state index contributed by atoms with van der Waals surface area (Å²) in [7, 11) is 2.98. The van der Waals surface area contributed by atoms with Gasteiger partial charge in [0.2, 0.25) is 0 Å². The summed E-state index contributed by atoms with van der Waals surface area (Å²) in [5.41, 5.74) is 4.64. The molecule has 0 saturated carbocycles. The van der Waals surface area contributed by atoms with Gasteiger partial charge in [-0.3, -0.25) is 9.59 Å². The number of methoxy groups -OCH3 is 2. The zero-order chi connectivity index (χ0) is 27.6. The number of ether oxygens (including phenoxy) is 3. The molecule has 0 heterocycles. The van der Waals surface area contributed by atoms with Crippen LogP contribution in [0.4, 0.5) is 5.69 Å². The fourth-order valence-corrected chi connectivity index (χ4v) is 3.52. The molecule has 0 saturated heterocycles. The van der Waals surface area contributed by atoms with Gasteiger partial charge < -0.3 is 19.5 Å². The normalized spacial score (nSPS) is 10.5. The number of esters is 1. The van der Waals surface area contributed by atoms with Crippen molar-refractivity contribution in [1.82, 2.24) is 5.43 Å². The molecule has 0 unspecified atom stereocenters. The molecular formula is C30H25N3O6. The third-order valence-corrected chi connectivity index (χ3v) is 5.49. The summed E-state index contributed by atoms with van der Waals surface area (Å²) < 4.78 is 15.9. The molecule has 0 aromatic heterocycles. The van der Waals surface area contributed by atoms with Gasteiger partial charge in [-0.1, -0.05) is 30.3 Å². The highest BCUT2D eigenvalue weighted by Gasteiger charge is 2.13. The molecule has 9 heteroatoms. The summed E-state index contributed by atoms with van der Waals surface area (Å²) in [6, 6.07) is 26.7. The minimum atomic E-state index is -0.510. The highest BCUT2D eigenvalue weighted by atomic mass is 16.6. The molecule has 0 aliphatic carbocycles. The standard InChI is InChI=1S/C30H25N3O6/c1-37-25-13-7-11-23(18-25)28(34)32-24-12-6-10-22(17-24)29(35)33-31-19-20-14-15-26(27(16-20)38-2)39-30(36)21-8-4-3-5-9-21/h3-19H,1-2H3,(H,32,34)(H,33,35). The van der Waals surface area contributed by atoms with Gasteiger partial charge in [-0.15, -0.1) is 0 Å². The molecule has 0 spiro atoms. The SMILES string of the molecule is COc1cccc(C(=O)Nc2cccc(C(=O)NN=Cc3ccc(OC(=O)c4ccccc4)c(OC)c3)c2)c1. The van der Waals surface area contributed by atoms with Crippen LogP contribution in [0, 0.1) is 0 Å². The van der Waals surface area contributed by atoms with Gasteiger partial charge in [0.25, 0.3) is 11.8 Å². The molecule has 4 aromatic carbocycles. The van der Waals surface area contributed by atoms with Gasteiger partial charge in [-0.05, 0) is 72.3 Å². The van der Waals surface area contributed by atoms with Crippen LogP contribution in [0.25, 0.3) is 0 Å². The smallest absolute Gasteiger partial charge is 0.343 e. The fraction of sp³-hybridized carbons (Fsp3) is 0.0667. The van der Waals surface area contributed by atoms with Crippen LogP contribution >= 0.6 is 0 Å². The number of carbonyl (C=O) groups is 3. The molecule has 0 bridgehead atoms. The number of rotatable bonds is 9. The first-order chi connectivity index (χ1) is 19.0. The summed E-state index contributed by atoms with van der Waals surface area (Å²) in [5.74, 6) is -0.173. The quantitative estimate of drug-likeness (QED) is 0.139. The number of hydrazone groups is 1. The summed E-state index contributed by atoms with van der Waals surface area (Å²) in [6.45, 7) is 0. The van der Waals surface area contributed by atoms with Crippen molar-refractivity contribution in [2.45, 2.75) is 0 Å². The molecule has 2 amide bonds. The fourth-order valence-electron chi connectivity index (χ4n) is 3.52. The molecule has 0 aliphatic heterocycles. The number of hydrogen-bond acceptors (Lipinski definition) is 7. The van der Waals surface area contributed by atoms with E-state index in [9.17, 15) is 14.4 Å². The summed E-state index contributed by atoms with van der Waals surface area (Å²) in [6.07, 6.45) is 1.43. The predicted molar refractivity (Wildman–Crippen MR) is 147 cm³/mol. The number of nitrogens with zero attached hydrogens (tertiary/aromatic N) is 1. The van der Waals surface area contributed by atoms with Gasteiger partial charge in [0, 0.05) is 16.8 Å². The van der Waals surface area contributed by atoms with E-state index in [2.05, 4.69) is 15.8 Å². The van der Waals surface area contributed by atoms with E-state index < -0.39 is 11.9 Å². The maximum absolute atomic E-state index is 12.6. The Bertz CT molecular complexity index is 1520. The monoisotopic (exact) mass is 523 g/mol. The number of carbonyl (C=O) groups excluding carboxylic acids is 3. The predicted octanol–water partition coefficient (Wildman–Crippen LogP) is 4.94. The van der Waals surface area contributed by atoms with Crippen LogP contribution < -0.4 is 25.0 Å². The molecule has 0 aliphatic rings. The maximum atomic E-state index is 12.6. The molecular weight excluding hydrogens is 498 g/mol. The van der Waals surface area contributed by atoms with E-state index in [4.69, 9.17) is 14.2 Å². The van der Waals surface area contributed by atoms with E-state index in [-0.39, 0.29) is 11.7 Å². The van der Waals surface area contributed by atoms with Gasteiger partial charge in [0.05, 0.1) is 26.0 Å². The van der Waals surface area contributed by atoms with Crippen molar-refractivity contribution in [2.24, 2.45) is 5.10 Å². The van der Waals surface area contributed by atoms with Gasteiger partial charge in [-0.25, -0.2) is 10.2 Å². The van der Waals surface area contributed by atoms with Crippen LogP contribution in [0.3, 0.4) is 0 Å². The molecule has 0 fully saturated rings. The first kappa shape index (κ1) is 26.6. The van der Waals surface area contributed by atoms with Crippen molar-refractivity contribution in [3.63, 3.8) is 0 Å². The molecule has 2 N–H and O–H groups in total. The number of hydrogen-bond donors (Lipinski definition) is 2. The maximum Gasteiger partial charge on any atom is 0.343 e. The van der Waals surface area contributed by atoms with E-state index in [0.717, 1.165) is 0 Å². The highest BCUT2D eigenvalue weighted by molar-refractivity contribution is 6.05. The van der Waals surface area contributed by atoms with Crippen molar-refractivity contribution in [3.05, 3.63) is 119 Å². The first-order valence-electron chi connectivity index (χ1n) is 11.8. The van der Waals surface area contributed by atoms with Crippen LogP contribution in [0.2, 0.25) is 0 Å². The van der Waals surface area contributed by atoms with Crippen LogP contribution in [0.1, 0.15) is 36.6 Å². The largest absolute Gasteiger partial charge is 0.497 e. The van der Waals surface area contributed by atoms with Gasteiger partial charge in [0.15, 0.2) is 11.5 Å². The summed E-state index contributed by atoms with van der Waals surface area (Å²) in [5, 5.41) is 6.77. The second-order valence-corrected chi connectivity index (χ2v) is 8.13. The van der Waals surface area contributed by atoms with Crippen molar-refractivity contribution < 1.29 is 28.6 Å². The Balaban J connectivity index is 1.37. The van der Waals surface area contributed by atoms with Crippen LogP contribution in [0.15, 0.2) is 102 Å². The lowest BCUT2D eigenvalue weighted by Crippen LogP contribution is -2.18. The molecule has 196 valence electrons. The molecule has 39 heavy (non-hydrogen) atoms. The third kappa shape index (κ3) is 7.07. The zero-order valence-corrected chi connectivity index (χ0v) is 21.2. The molecule has 9 nitrogen and oxygen atoms in total. The molecule has 0 radical (unpaired) electrons. The van der Waals surface area contributed by atoms with E-state index in [1.807, 2.05) is 6.07 Å². The molecule has 0 atom stereocenters. The number of anilines is 1. The van der Waals surface area contributed by atoms with Gasteiger partial charge in [0.1, 0.15) is 5.75 Å². The van der Waals surface area contributed by atoms with E-state index in [1.54, 1.807) is 91.0 Å². The van der Waals surface area contributed by atoms with Crippen molar-refractivity contribution >= 4 is 29.7 Å². The second kappa shape index (κ2) is 12.7. The third-order valence-electron chi connectivity index (χ3n) is 5.49. The topological polar surface area (TPSA) is 115 Å². The number of amides is 2. The number of nitrogens with one attached hydrogen (secondary N) is 2. The van der Waals surface area contributed by atoms with Crippen LogP contribution in [-0.4, -0.2) is 38.2 Å². The Morgan fingerprint density at radius 2 is 1.41 bits per heavy atom. The van der Waals surface area contributed by atoms with Gasteiger partial charge in [-0.2, -0.15) is 5.10 Å². The lowest BCUT2D eigenvalue weighted by atomic mass is 10.1. The molecule has 4 rings (SSSR count). The Morgan fingerprint density at radius 1 is 0.692 bits per heavy atom. The summed E-state index contributed by atoms with van der Waals surface area (Å²) in [4.78, 5) is 37.5. The van der Waals surface area contributed by atoms with Crippen molar-refractivity contribution in [2.75, 3.05) is 19.5 Å². The van der Waals surface area contributed by atoms with Crippen molar-refractivity contribution in [1.29, 1.82) is 0 Å². The minimum Gasteiger partial charge on any atom is -0.497 e. The molecule has 4 aromatic rings. The average Bonchev–Trinajstić information content (AvgIpc) is 2.98. The van der Waals surface area contributed by atoms with Crippen LogP contribution in [-0.2, 0) is 0 Å². The highest BCUT2D eigenvalue weighted by Crippen LogP contribution is 2.28. The van der Waals surface area contributed by atoms with Crippen LogP contribution in [0.5, 0.6) is 17.2 Å². The Kier molecular flexibility index (Phi) is 8.66. The van der Waals surface area contributed by atoms with E-state index in [0.29, 0.717) is 39.4 Å². The first-order valence-corrected chi connectivity index (χ1v) is 11.8. The summed E-state index contributed by atoms with van der Waals surface area (Å²) >= 11 is 0. The lowest BCUT2D eigenvalue weighted by molar-refractivity contribution is 0.0729. The second-order valence-electron chi connectivity index (χ2n) is 8.13. The van der Waals surface area contributed by atoms with Crippen molar-refractivity contribution in [3.8, 4) is 17.2 Å². The van der Waals surface area contributed by atoms with E-state index >= 15 is 0 Å². The minimum absolute atomic E-state index is 0.250. The average molecular weight is 524 g/mol.